The monoisotopic (exact) mass is 293 g/mol. The number of rotatable bonds is 1. The summed E-state index contributed by atoms with van der Waals surface area (Å²) >= 11 is 6.26. The van der Waals surface area contributed by atoms with Gasteiger partial charge in [0.2, 0.25) is 11.8 Å². The molecule has 2 amide bonds. The average Bonchev–Trinajstić information content (AvgIpc) is 2.41. The first-order valence-corrected chi connectivity index (χ1v) is 7.16. The zero-order valence-electron chi connectivity index (χ0n) is 11.0. The van der Waals surface area contributed by atoms with Gasteiger partial charge in [0.25, 0.3) is 0 Å². The molecule has 5 heteroatoms. The largest absolute Gasteiger partial charge is 0.381 e. The van der Waals surface area contributed by atoms with Gasteiger partial charge in [-0.2, -0.15) is 0 Å². The van der Waals surface area contributed by atoms with Crippen molar-refractivity contribution < 1.29 is 14.3 Å². The zero-order valence-corrected chi connectivity index (χ0v) is 11.8. The molecule has 4 nitrogen and oxygen atoms in total. The van der Waals surface area contributed by atoms with Gasteiger partial charge in [-0.3, -0.25) is 14.9 Å². The van der Waals surface area contributed by atoms with E-state index in [-0.39, 0.29) is 11.8 Å². The lowest BCUT2D eigenvalue weighted by atomic mass is 9.64. The Labute approximate surface area is 122 Å². The van der Waals surface area contributed by atoms with Crippen LogP contribution in [0.5, 0.6) is 0 Å². The number of piperidine rings is 1. The summed E-state index contributed by atoms with van der Waals surface area (Å²) in [5.74, 6) is -0.905. The Morgan fingerprint density at radius 3 is 2.80 bits per heavy atom. The van der Waals surface area contributed by atoms with Crippen LogP contribution >= 0.6 is 11.6 Å². The summed E-state index contributed by atoms with van der Waals surface area (Å²) in [5, 5.41) is 3.00. The molecule has 0 saturated carbocycles. The molecular formula is C15H16ClNO3. The zero-order chi connectivity index (χ0) is 14.2. The van der Waals surface area contributed by atoms with Crippen molar-refractivity contribution in [2.24, 2.45) is 5.41 Å². The highest BCUT2D eigenvalue weighted by Crippen LogP contribution is 2.48. The number of ether oxygens (including phenoxy) is 1. The lowest BCUT2D eigenvalue weighted by Gasteiger charge is -2.45. The molecule has 2 atom stereocenters. The SMILES string of the molecule is O=C1CC2(CCCOC2)C(c2ccccc2Cl)C(=O)N1. The number of hydrogen-bond donors (Lipinski definition) is 1. The predicted molar refractivity (Wildman–Crippen MR) is 74.4 cm³/mol. The maximum absolute atomic E-state index is 12.4. The van der Waals surface area contributed by atoms with Gasteiger partial charge in [-0.15, -0.1) is 0 Å². The van der Waals surface area contributed by atoms with Crippen molar-refractivity contribution in [3.05, 3.63) is 34.9 Å². The van der Waals surface area contributed by atoms with Gasteiger partial charge in [-0.25, -0.2) is 0 Å². The van der Waals surface area contributed by atoms with Crippen LogP contribution in [-0.4, -0.2) is 25.0 Å². The fourth-order valence-electron chi connectivity index (χ4n) is 3.37. The van der Waals surface area contributed by atoms with Crippen LogP contribution in [0.4, 0.5) is 0 Å². The van der Waals surface area contributed by atoms with E-state index in [9.17, 15) is 9.59 Å². The second-order valence-electron chi connectivity index (χ2n) is 5.56. The van der Waals surface area contributed by atoms with Crippen LogP contribution in [0.1, 0.15) is 30.7 Å². The van der Waals surface area contributed by atoms with E-state index in [4.69, 9.17) is 16.3 Å². The molecule has 2 saturated heterocycles. The molecule has 2 aliphatic rings. The van der Waals surface area contributed by atoms with E-state index in [1.54, 1.807) is 6.07 Å². The highest BCUT2D eigenvalue weighted by molar-refractivity contribution is 6.31. The maximum Gasteiger partial charge on any atom is 0.234 e. The molecule has 2 fully saturated rings. The van der Waals surface area contributed by atoms with Crippen LogP contribution in [0.15, 0.2) is 24.3 Å². The second-order valence-corrected chi connectivity index (χ2v) is 5.97. The second kappa shape index (κ2) is 5.19. The van der Waals surface area contributed by atoms with Gasteiger partial charge < -0.3 is 4.74 Å². The van der Waals surface area contributed by atoms with Crippen molar-refractivity contribution in [3.8, 4) is 0 Å². The minimum atomic E-state index is -0.456. The number of imide groups is 1. The molecule has 20 heavy (non-hydrogen) atoms. The lowest BCUT2D eigenvalue weighted by Crippen LogP contribution is -2.53. The Kier molecular flexibility index (Phi) is 3.52. The molecule has 106 valence electrons. The van der Waals surface area contributed by atoms with E-state index in [2.05, 4.69) is 5.32 Å². The highest BCUT2D eigenvalue weighted by atomic mass is 35.5. The molecule has 3 rings (SSSR count). The first-order valence-electron chi connectivity index (χ1n) is 6.78. The smallest absolute Gasteiger partial charge is 0.234 e. The summed E-state index contributed by atoms with van der Waals surface area (Å²) in [6.07, 6.45) is 1.98. The Morgan fingerprint density at radius 2 is 2.10 bits per heavy atom. The van der Waals surface area contributed by atoms with Gasteiger partial charge in [0.15, 0.2) is 0 Å². The van der Waals surface area contributed by atoms with Crippen LogP contribution < -0.4 is 5.32 Å². The van der Waals surface area contributed by atoms with Gasteiger partial charge >= 0.3 is 0 Å². The summed E-state index contributed by atoms with van der Waals surface area (Å²) < 4.78 is 5.58. The van der Waals surface area contributed by atoms with Crippen LogP contribution in [0, 0.1) is 5.41 Å². The molecular weight excluding hydrogens is 278 g/mol. The quantitative estimate of drug-likeness (QED) is 0.808. The van der Waals surface area contributed by atoms with Crippen molar-refractivity contribution in [1.29, 1.82) is 0 Å². The molecule has 0 bridgehead atoms. The number of carbonyl (C=O) groups is 2. The molecule has 1 N–H and O–H groups in total. The Bertz CT molecular complexity index is 552. The van der Waals surface area contributed by atoms with E-state index in [0.29, 0.717) is 24.7 Å². The van der Waals surface area contributed by atoms with Crippen LogP contribution in [0.3, 0.4) is 0 Å². The number of nitrogens with one attached hydrogen (secondary N) is 1. The van der Waals surface area contributed by atoms with Crippen molar-refractivity contribution in [2.75, 3.05) is 13.2 Å². The molecule has 2 unspecified atom stereocenters. The van der Waals surface area contributed by atoms with Gasteiger partial charge in [0, 0.05) is 23.5 Å². The van der Waals surface area contributed by atoms with Crippen molar-refractivity contribution in [1.82, 2.24) is 5.32 Å². The van der Waals surface area contributed by atoms with E-state index < -0.39 is 11.3 Å². The fraction of sp³-hybridized carbons (Fsp3) is 0.467. The summed E-state index contributed by atoms with van der Waals surface area (Å²) in [6, 6.07) is 7.33. The molecule has 1 aromatic carbocycles. The number of hydrogen-bond acceptors (Lipinski definition) is 3. The van der Waals surface area contributed by atoms with Crippen LogP contribution in [0.25, 0.3) is 0 Å². The van der Waals surface area contributed by atoms with E-state index in [1.807, 2.05) is 18.2 Å². The number of carbonyl (C=O) groups excluding carboxylic acids is 2. The molecule has 0 radical (unpaired) electrons. The van der Waals surface area contributed by atoms with Crippen molar-refractivity contribution >= 4 is 23.4 Å². The van der Waals surface area contributed by atoms with Gasteiger partial charge in [0.05, 0.1) is 12.5 Å². The first-order chi connectivity index (χ1) is 9.62. The number of halogens is 1. The Hall–Kier alpha value is -1.39. The molecule has 2 aliphatic heterocycles. The summed E-state index contributed by atoms with van der Waals surface area (Å²) in [7, 11) is 0. The van der Waals surface area contributed by atoms with Gasteiger partial charge in [-0.05, 0) is 24.5 Å². The molecule has 0 aromatic heterocycles. The average molecular weight is 294 g/mol. The van der Waals surface area contributed by atoms with Crippen LogP contribution in [0.2, 0.25) is 5.02 Å². The summed E-state index contributed by atoms with van der Waals surface area (Å²) in [6.45, 7) is 1.12. The van der Waals surface area contributed by atoms with Gasteiger partial charge in [-0.1, -0.05) is 29.8 Å². The van der Waals surface area contributed by atoms with E-state index in [0.717, 1.165) is 18.4 Å². The number of benzene rings is 1. The van der Waals surface area contributed by atoms with E-state index in [1.165, 1.54) is 0 Å². The third kappa shape index (κ3) is 2.23. The minimum Gasteiger partial charge on any atom is -0.381 e. The molecule has 1 spiro atoms. The number of amides is 2. The normalized spacial score (nSPS) is 30.4. The predicted octanol–water partition coefficient (Wildman–Crippen LogP) is 2.27. The van der Waals surface area contributed by atoms with Gasteiger partial charge in [0.1, 0.15) is 0 Å². The summed E-state index contributed by atoms with van der Waals surface area (Å²) in [4.78, 5) is 24.2. The topological polar surface area (TPSA) is 55.4 Å². The maximum atomic E-state index is 12.4. The third-order valence-corrected chi connectivity index (χ3v) is 4.56. The Balaban J connectivity index is 2.06. The molecule has 1 aromatic rings. The minimum absolute atomic E-state index is 0.219. The molecule has 2 heterocycles. The standard InChI is InChI=1S/C15H16ClNO3/c16-11-5-2-1-4-10(11)13-14(19)17-12(18)8-15(13)6-3-7-20-9-15/h1-2,4-5,13H,3,6-9H2,(H,17,18,19). The highest BCUT2D eigenvalue weighted by Gasteiger charge is 2.50. The molecule has 0 aliphatic carbocycles. The third-order valence-electron chi connectivity index (χ3n) is 4.22. The van der Waals surface area contributed by atoms with E-state index >= 15 is 0 Å². The van der Waals surface area contributed by atoms with Crippen molar-refractivity contribution in [3.63, 3.8) is 0 Å². The van der Waals surface area contributed by atoms with Crippen molar-refractivity contribution in [2.45, 2.75) is 25.2 Å². The Morgan fingerprint density at radius 1 is 1.30 bits per heavy atom. The summed E-state index contributed by atoms with van der Waals surface area (Å²) in [5.41, 5.74) is 0.326. The van der Waals surface area contributed by atoms with Crippen LogP contribution in [-0.2, 0) is 14.3 Å². The lowest BCUT2D eigenvalue weighted by molar-refractivity contribution is -0.146. The first kappa shape index (κ1) is 13.6. The fourth-order valence-corrected chi connectivity index (χ4v) is 3.62.